The number of ketones is 1. The maximum atomic E-state index is 13.2. The number of hydrogen-bond acceptors (Lipinski definition) is 5. The average molecular weight is 389 g/mol. The van der Waals surface area contributed by atoms with Crippen LogP contribution in [0.4, 0.5) is 10.1 Å². The molecule has 0 spiro atoms. The molecule has 0 saturated heterocycles. The van der Waals surface area contributed by atoms with E-state index in [0.717, 1.165) is 0 Å². The predicted octanol–water partition coefficient (Wildman–Crippen LogP) is 2.70. The number of aryl methyl sites for hydroxylation is 1. The molecule has 0 radical (unpaired) electrons. The summed E-state index contributed by atoms with van der Waals surface area (Å²) in [5, 5.41) is 2.59. The number of carbonyl (C=O) groups is 3. The molecule has 150 valence electrons. The lowest BCUT2D eigenvalue weighted by atomic mass is 10.0. The first kappa shape index (κ1) is 21.3. The van der Waals surface area contributed by atoms with Gasteiger partial charge in [0.25, 0.3) is 0 Å². The van der Waals surface area contributed by atoms with Gasteiger partial charge in [0.2, 0.25) is 5.91 Å². The van der Waals surface area contributed by atoms with Crippen LogP contribution >= 0.6 is 0 Å². The fourth-order valence-electron chi connectivity index (χ4n) is 2.94. The van der Waals surface area contributed by atoms with E-state index < -0.39 is 17.8 Å². The molecule has 2 N–H and O–H groups in total. The number of anilines is 1. The molecule has 0 saturated carbocycles. The van der Waals surface area contributed by atoms with Crippen molar-refractivity contribution in [2.24, 2.45) is 0 Å². The normalized spacial score (nSPS) is 12.0. The molecule has 8 heteroatoms. The van der Waals surface area contributed by atoms with Gasteiger partial charge in [0.05, 0.1) is 31.0 Å². The third-order valence-electron chi connectivity index (χ3n) is 4.62. The maximum absolute atomic E-state index is 13.2. The molecule has 28 heavy (non-hydrogen) atoms. The minimum absolute atomic E-state index is 0.0635. The number of methoxy groups -OCH3 is 1. The molecular formula is C20H24FN3O4. The Bertz CT molecular complexity index is 907. The predicted molar refractivity (Wildman–Crippen MR) is 103 cm³/mol. The number of H-pyrrole nitrogens is 1. The van der Waals surface area contributed by atoms with Gasteiger partial charge in [-0.2, -0.15) is 0 Å². The SMILES string of the molecule is COC(=O)c1c(C)[nH]c(C(=O)C(C)N(C)CC(=O)Nc2cccc(F)c2)c1C. The van der Waals surface area contributed by atoms with Crippen molar-refractivity contribution in [3.8, 4) is 0 Å². The zero-order chi connectivity index (χ0) is 21.0. The number of benzene rings is 1. The molecule has 1 aromatic heterocycles. The van der Waals surface area contributed by atoms with Gasteiger partial charge < -0.3 is 15.0 Å². The Hall–Kier alpha value is -3.00. The highest BCUT2D eigenvalue weighted by molar-refractivity contribution is 6.04. The summed E-state index contributed by atoms with van der Waals surface area (Å²) in [4.78, 5) is 41.5. The Kier molecular flexibility index (Phi) is 6.69. The van der Waals surface area contributed by atoms with Crippen LogP contribution in [0, 0.1) is 19.7 Å². The number of nitrogens with zero attached hydrogens (tertiary/aromatic N) is 1. The Balaban J connectivity index is 2.08. The molecule has 7 nitrogen and oxygen atoms in total. The first-order chi connectivity index (χ1) is 13.1. The number of amides is 1. The monoisotopic (exact) mass is 389 g/mol. The van der Waals surface area contributed by atoms with Crippen molar-refractivity contribution >= 4 is 23.3 Å². The van der Waals surface area contributed by atoms with Gasteiger partial charge in [0.15, 0.2) is 5.78 Å². The van der Waals surface area contributed by atoms with Crippen LogP contribution in [0.5, 0.6) is 0 Å². The molecule has 2 aromatic rings. The number of nitrogens with one attached hydrogen (secondary N) is 2. The summed E-state index contributed by atoms with van der Waals surface area (Å²) in [6.07, 6.45) is 0. The maximum Gasteiger partial charge on any atom is 0.339 e. The van der Waals surface area contributed by atoms with E-state index in [9.17, 15) is 18.8 Å². The summed E-state index contributed by atoms with van der Waals surface area (Å²) in [6, 6.07) is 4.95. The summed E-state index contributed by atoms with van der Waals surface area (Å²) >= 11 is 0. The smallest absolute Gasteiger partial charge is 0.339 e. The largest absolute Gasteiger partial charge is 0.465 e. The molecule has 1 amide bonds. The number of carbonyl (C=O) groups excluding carboxylic acids is 3. The number of Topliss-reactive ketones (excluding diaryl/α,β-unsaturated/α-hetero) is 1. The van der Waals surface area contributed by atoms with Gasteiger partial charge in [-0.1, -0.05) is 6.07 Å². The van der Waals surface area contributed by atoms with Gasteiger partial charge in [-0.25, -0.2) is 9.18 Å². The zero-order valence-electron chi connectivity index (χ0n) is 16.6. The van der Waals surface area contributed by atoms with Crippen LogP contribution in [0.2, 0.25) is 0 Å². The standard InChI is InChI=1S/C20H24FN3O4/c1-11-17(20(27)28-5)12(2)22-18(11)19(26)13(3)24(4)10-16(25)23-15-8-6-7-14(21)9-15/h6-9,13,22H,10H2,1-5H3,(H,23,25). The van der Waals surface area contributed by atoms with E-state index in [4.69, 9.17) is 4.74 Å². The fraction of sp³-hybridized carbons (Fsp3) is 0.350. The van der Waals surface area contributed by atoms with Crippen molar-refractivity contribution in [2.75, 3.05) is 26.0 Å². The number of rotatable bonds is 7. The summed E-state index contributed by atoms with van der Waals surface area (Å²) in [5.41, 5.74) is 2.05. The molecule has 0 fully saturated rings. The first-order valence-electron chi connectivity index (χ1n) is 8.73. The van der Waals surface area contributed by atoms with Gasteiger partial charge in [-0.15, -0.1) is 0 Å². The Morgan fingerprint density at radius 2 is 1.96 bits per heavy atom. The quantitative estimate of drug-likeness (QED) is 0.561. The molecule has 0 aliphatic heterocycles. The van der Waals surface area contributed by atoms with E-state index in [1.165, 1.54) is 25.3 Å². The van der Waals surface area contributed by atoms with Crippen LogP contribution in [0.25, 0.3) is 0 Å². The molecular weight excluding hydrogens is 365 g/mol. The Morgan fingerprint density at radius 3 is 2.57 bits per heavy atom. The molecule has 1 atom stereocenters. The number of aromatic amines is 1. The fourth-order valence-corrected chi connectivity index (χ4v) is 2.94. The van der Waals surface area contributed by atoms with Crippen molar-refractivity contribution < 1.29 is 23.5 Å². The third kappa shape index (κ3) is 4.64. The number of esters is 1. The van der Waals surface area contributed by atoms with Crippen LogP contribution in [-0.2, 0) is 9.53 Å². The lowest BCUT2D eigenvalue weighted by Gasteiger charge is -2.23. The van der Waals surface area contributed by atoms with Crippen LogP contribution in [0.1, 0.15) is 39.0 Å². The van der Waals surface area contributed by atoms with Crippen molar-refractivity contribution in [1.82, 2.24) is 9.88 Å². The zero-order valence-corrected chi connectivity index (χ0v) is 16.6. The van der Waals surface area contributed by atoms with Gasteiger partial charge in [-0.05, 0) is 51.6 Å². The lowest BCUT2D eigenvalue weighted by molar-refractivity contribution is -0.117. The Labute approximate surface area is 162 Å². The summed E-state index contributed by atoms with van der Waals surface area (Å²) < 4.78 is 18.0. The molecule has 1 heterocycles. The van der Waals surface area contributed by atoms with Gasteiger partial charge in [-0.3, -0.25) is 14.5 Å². The minimum atomic E-state index is -0.625. The lowest BCUT2D eigenvalue weighted by Crippen LogP contribution is -2.41. The number of ether oxygens (including phenoxy) is 1. The summed E-state index contributed by atoms with van der Waals surface area (Å²) in [6.45, 7) is 4.97. The van der Waals surface area contributed by atoms with Gasteiger partial charge >= 0.3 is 5.97 Å². The minimum Gasteiger partial charge on any atom is -0.465 e. The molecule has 2 rings (SSSR count). The summed E-state index contributed by atoms with van der Waals surface area (Å²) in [7, 11) is 2.92. The highest BCUT2D eigenvalue weighted by Gasteiger charge is 2.27. The second-order valence-corrected chi connectivity index (χ2v) is 6.63. The number of likely N-dealkylation sites (N-methyl/N-ethyl adjacent to an activating group) is 1. The van der Waals surface area contributed by atoms with E-state index in [1.54, 1.807) is 38.8 Å². The highest BCUT2D eigenvalue weighted by atomic mass is 19.1. The molecule has 0 aliphatic carbocycles. The topological polar surface area (TPSA) is 91.5 Å². The van der Waals surface area contributed by atoms with E-state index in [0.29, 0.717) is 28.2 Å². The Morgan fingerprint density at radius 1 is 1.29 bits per heavy atom. The van der Waals surface area contributed by atoms with Crippen LogP contribution in [-0.4, -0.2) is 54.3 Å². The van der Waals surface area contributed by atoms with E-state index in [-0.39, 0.29) is 18.2 Å². The first-order valence-corrected chi connectivity index (χ1v) is 8.73. The van der Waals surface area contributed by atoms with E-state index in [1.807, 2.05) is 0 Å². The number of aromatic nitrogens is 1. The van der Waals surface area contributed by atoms with E-state index >= 15 is 0 Å². The van der Waals surface area contributed by atoms with Gasteiger partial charge in [0.1, 0.15) is 5.82 Å². The second-order valence-electron chi connectivity index (χ2n) is 6.63. The number of halogens is 1. The van der Waals surface area contributed by atoms with Crippen LogP contribution in [0.15, 0.2) is 24.3 Å². The van der Waals surface area contributed by atoms with Crippen molar-refractivity contribution in [3.05, 3.63) is 52.6 Å². The average Bonchev–Trinajstić information content (AvgIpc) is 2.93. The highest BCUT2D eigenvalue weighted by Crippen LogP contribution is 2.21. The van der Waals surface area contributed by atoms with E-state index in [2.05, 4.69) is 10.3 Å². The van der Waals surface area contributed by atoms with Gasteiger partial charge in [0, 0.05) is 11.4 Å². The summed E-state index contributed by atoms with van der Waals surface area (Å²) in [5.74, 6) is -1.59. The molecule has 0 bridgehead atoms. The van der Waals surface area contributed by atoms with Crippen LogP contribution < -0.4 is 5.32 Å². The third-order valence-corrected chi connectivity index (χ3v) is 4.62. The molecule has 1 aromatic carbocycles. The van der Waals surface area contributed by atoms with Crippen molar-refractivity contribution in [1.29, 1.82) is 0 Å². The molecule has 0 aliphatic rings. The van der Waals surface area contributed by atoms with Crippen molar-refractivity contribution in [3.63, 3.8) is 0 Å². The number of hydrogen-bond donors (Lipinski definition) is 2. The van der Waals surface area contributed by atoms with Crippen LogP contribution in [0.3, 0.4) is 0 Å². The molecule has 1 unspecified atom stereocenters. The second kappa shape index (κ2) is 8.79. The van der Waals surface area contributed by atoms with Crippen molar-refractivity contribution in [2.45, 2.75) is 26.8 Å².